The van der Waals surface area contributed by atoms with Crippen molar-refractivity contribution in [3.8, 4) is 22.7 Å². The average Bonchev–Trinajstić information content (AvgIpc) is 2.99. The van der Waals surface area contributed by atoms with Crippen molar-refractivity contribution in [1.82, 2.24) is 9.88 Å². The van der Waals surface area contributed by atoms with Gasteiger partial charge in [-0.3, -0.25) is 4.79 Å². The highest BCUT2D eigenvalue weighted by Crippen LogP contribution is 2.34. The van der Waals surface area contributed by atoms with Crippen LogP contribution in [0.2, 0.25) is 5.02 Å². The molecular formula is C22H23ClN2O2. The molecule has 0 aliphatic carbocycles. The monoisotopic (exact) mass is 382 g/mol. The summed E-state index contributed by atoms with van der Waals surface area (Å²) in [5.41, 5.74) is 4.24. The molecule has 1 aromatic heterocycles. The van der Waals surface area contributed by atoms with Gasteiger partial charge in [-0.1, -0.05) is 35.9 Å². The highest BCUT2D eigenvalue weighted by atomic mass is 35.5. The molecular weight excluding hydrogens is 360 g/mol. The van der Waals surface area contributed by atoms with Gasteiger partial charge >= 0.3 is 0 Å². The Morgan fingerprint density at radius 3 is 2.41 bits per heavy atom. The molecule has 0 fully saturated rings. The van der Waals surface area contributed by atoms with Crippen molar-refractivity contribution in [3.63, 3.8) is 0 Å². The largest absolute Gasteiger partial charge is 0.495 e. The molecule has 5 heteroatoms. The molecule has 0 spiro atoms. The number of aromatic nitrogens is 1. The first-order valence-corrected chi connectivity index (χ1v) is 9.22. The Bertz CT molecular complexity index is 959. The van der Waals surface area contributed by atoms with Crippen LogP contribution in [0.4, 0.5) is 0 Å². The van der Waals surface area contributed by atoms with E-state index in [-0.39, 0.29) is 11.9 Å². The van der Waals surface area contributed by atoms with E-state index in [0.717, 1.165) is 28.4 Å². The van der Waals surface area contributed by atoms with Crippen molar-refractivity contribution >= 4 is 17.5 Å². The van der Waals surface area contributed by atoms with E-state index < -0.39 is 0 Å². The molecule has 0 saturated heterocycles. The quantitative estimate of drug-likeness (QED) is 0.654. The lowest BCUT2D eigenvalue weighted by molar-refractivity contribution is 0.0942. The van der Waals surface area contributed by atoms with Gasteiger partial charge in [0.2, 0.25) is 0 Å². The molecule has 0 unspecified atom stereocenters. The van der Waals surface area contributed by atoms with Crippen LogP contribution in [-0.4, -0.2) is 23.6 Å². The highest BCUT2D eigenvalue weighted by Gasteiger charge is 2.21. The number of benzene rings is 2. The van der Waals surface area contributed by atoms with E-state index in [1.54, 1.807) is 7.11 Å². The predicted octanol–water partition coefficient (Wildman–Crippen LogP) is 5.25. The summed E-state index contributed by atoms with van der Waals surface area (Å²) in [4.78, 5) is 12.7. The normalized spacial score (nSPS) is 10.9. The predicted molar refractivity (Wildman–Crippen MR) is 110 cm³/mol. The number of para-hydroxylation sites is 2. The van der Waals surface area contributed by atoms with Crippen LogP contribution in [0.25, 0.3) is 16.9 Å². The zero-order valence-corrected chi connectivity index (χ0v) is 16.7. The third kappa shape index (κ3) is 3.86. The SMILES string of the molecule is COc1ccccc1-n1c(-c2ccc(Cl)cc2)cc(C(=O)NC(C)C)c1C. The topological polar surface area (TPSA) is 43.3 Å². The number of carbonyl (C=O) groups excluding carboxylic acids is 1. The highest BCUT2D eigenvalue weighted by molar-refractivity contribution is 6.30. The summed E-state index contributed by atoms with van der Waals surface area (Å²) in [6.07, 6.45) is 0. The lowest BCUT2D eigenvalue weighted by atomic mass is 10.1. The van der Waals surface area contributed by atoms with Crippen LogP contribution in [0, 0.1) is 6.92 Å². The lowest BCUT2D eigenvalue weighted by Gasteiger charge is -2.16. The first-order chi connectivity index (χ1) is 12.9. The molecule has 1 amide bonds. The summed E-state index contributed by atoms with van der Waals surface area (Å²) in [7, 11) is 1.64. The van der Waals surface area contributed by atoms with Gasteiger partial charge in [-0.2, -0.15) is 0 Å². The van der Waals surface area contributed by atoms with Gasteiger partial charge in [0, 0.05) is 16.8 Å². The average molecular weight is 383 g/mol. The molecule has 0 aliphatic rings. The number of amides is 1. The van der Waals surface area contributed by atoms with E-state index >= 15 is 0 Å². The van der Waals surface area contributed by atoms with Gasteiger partial charge in [0.25, 0.3) is 5.91 Å². The van der Waals surface area contributed by atoms with Crippen molar-refractivity contribution in [3.05, 3.63) is 70.9 Å². The van der Waals surface area contributed by atoms with Gasteiger partial charge in [-0.05, 0) is 56.7 Å². The Balaban J connectivity index is 2.24. The van der Waals surface area contributed by atoms with Crippen LogP contribution in [-0.2, 0) is 0 Å². The van der Waals surface area contributed by atoms with Gasteiger partial charge in [-0.15, -0.1) is 0 Å². The zero-order valence-electron chi connectivity index (χ0n) is 15.9. The Labute approximate surface area is 164 Å². The molecule has 0 saturated carbocycles. The summed E-state index contributed by atoms with van der Waals surface area (Å²) < 4.78 is 7.61. The van der Waals surface area contributed by atoms with Gasteiger partial charge in [-0.25, -0.2) is 0 Å². The number of methoxy groups -OCH3 is 1. The molecule has 27 heavy (non-hydrogen) atoms. The molecule has 0 bridgehead atoms. The minimum absolute atomic E-state index is 0.0606. The fourth-order valence-electron chi connectivity index (χ4n) is 3.13. The smallest absolute Gasteiger partial charge is 0.253 e. The molecule has 4 nitrogen and oxygen atoms in total. The molecule has 140 valence electrons. The van der Waals surface area contributed by atoms with Crippen molar-refractivity contribution in [2.45, 2.75) is 26.8 Å². The maximum atomic E-state index is 12.7. The standard InChI is InChI=1S/C22H23ClN2O2/c1-14(2)24-22(26)18-13-20(16-9-11-17(23)12-10-16)25(15(18)3)19-7-5-6-8-21(19)27-4/h5-14H,1-4H3,(H,24,26). The third-order valence-corrected chi connectivity index (χ3v) is 4.63. The number of ether oxygens (including phenoxy) is 1. The van der Waals surface area contributed by atoms with E-state index in [1.165, 1.54) is 0 Å². The van der Waals surface area contributed by atoms with Crippen molar-refractivity contribution in [2.24, 2.45) is 0 Å². The number of carbonyl (C=O) groups is 1. The van der Waals surface area contributed by atoms with Crippen LogP contribution >= 0.6 is 11.6 Å². The number of halogens is 1. The van der Waals surface area contributed by atoms with Crippen LogP contribution in [0.1, 0.15) is 29.9 Å². The molecule has 1 N–H and O–H groups in total. The number of hydrogen-bond acceptors (Lipinski definition) is 2. The fraction of sp³-hybridized carbons (Fsp3) is 0.227. The number of nitrogens with zero attached hydrogens (tertiary/aromatic N) is 1. The Hall–Kier alpha value is -2.72. The van der Waals surface area contributed by atoms with E-state index in [9.17, 15) is 4.79 Å². The van der Waals surface area contributed by atoms with Gasteiger partial charge in [0.1, 0.15) is 5.75 Å². The molecule has 0 aliphatic heterocycles. The third-order valence-electron chi connectivity index (χ3n) is 4.38. The number of rotatable bonds is 5. The zero-order chi connectivity index (χ0) is 19.6. The summed E-state index contributed by atoms with van der Waals surface area (Å²) in [5.74, 6) is 0.647. The van der Waals surface area contributed by atoms with E-state index in [4.69, 9.17) is 16.3 Å². The minimum Gasteiger partial charge on any atom is -0.495 e. The summed E-state index contributed by atoms with van der Waals surface area (Å²) in [6.45, 7) is 5.84. The second-order valence-corrected chi connectivity index (χ2v) is 7.11. The van der Waals surface area contributed by atoms with E-state index in [0.29, 0.717) is 10.6 Å². The van der Waals surface area contributed by atoms with Gasteiger partial charge in [0.15, 0.2) is 0 Å². The van der Waals surface area contributed by atoms with Crippen molar-refractivity contribution < 1.29 is 9.53 Å². The molecule has 1 heterocycles. The summed E-state index contributed by atoms with van der Waals surface area (Å²) in [5, 5.41) is 3.65. The summed E-state index contributed by atoms with van der Waals surface area (Å²) in [6, 6.07) is 17.4. The van der Waals surface area contributed by atoms with Crippen molar-refractivity contribution in [2.75, 3.05) is 7.11 Å². The van der Waals surface area contributed by atoms with Crippen LogP contribution in [0.15, 0.2) is 54.6 Å². The number of hydrogen-bond donors (Lipinski definition) is 1. The van der Waals surface area contributed by atoms with E-state index in [1.807, 2.05) is 75.4 Å². The van der Waals surface area contributed by atoms with Crippen LogP contribution in [0.5, 0.6) is 5.75 Å². The Kier molecular flexibility index (Phi) is 5.57. The first kappa shape index (κ1) is 19.1. The second-order valence-electron chi connectivity index (χ2n) is 6.67. The minimum atomic E-state index is -0.0913. The van der Waals surface area contributed by atoms with Crippen molar-refractivity contribution in [1.29, 1.82) is 0 Å². The number of nitrogens with one attached hydrogen (secondary N) is 1. The Morgan fingerprint density at radius 2 is 1.78 bits per heavy atom. The fourth-order valence-corrected chi connectivity index (χ4v) is 3.26. The van der Waals surface area contributed by atoms with Gasteiger partial charge in [0.05, 0.1) is 24.1 Å². The Morgan fingerprint density at radius 1 is 1.11 bits per heavy atom. The van der Waals surface area contributed by atoms with Gasteiger partial charge < -0.3 is 14.6 Å². The molecule has 0 atom stereocenters. The maximum absolute atomic E-state index is 12.7. The lowest BCUT2D eigenvalue weighted by Crippen LogP contribution is -2.30. The molecule has 0 radical (unpaired) electrons. The van der Waals surface area contributed by atoms with Crippen LogP contribution in [0.3, 0.4) is 0 Å². The molecule has 2 aromatic carbocycles. The summed E-state index contributed by atoms with van der Waals surface area (Å²) >= 11 is 6.06. The molecule has 3 aromatic rings. The second kappa shape index (κ2) is 7.89. The van der Waals surface area contributed by atoms with Crippen LogP contribution < -0.4 is 10.1 Å². The first-order valence-electron chi connectivity index (χ1n) is 8.85. The van der Waals surface area contributed by atoms with E-state index in [2.05, 4.69) is 9.88 Å². The molecule has 3 rings (SSSR count). The maximum Gasteiger partial charge on any atom is 0.253 e.